The van der Waals surface area contributed by atoms with Gasteiger partial charge in [0, 0.05) is 24.0 Å². The average Bonchev–Trinajstić information content (AvgIpc) is 2.76. The SMILES string of the molecule is CCOc1ccc(C(=O)Nc2cc(C)[nH]n2)cn1. The molecule has 0 radical (unpaired) electrons. The summed E-state index contributed by atoms with van der Waals surface area (Å²) in [4.78, 5) is 15.9. The van der Waals surface area contributed by atoms with Crippen LogP contribution in [0.5, 0.6) is 5.88 Å². The number of anilines is 1. The van der Waals surface area contributed by atoms with E-state index in [0.717, 1.165) is 5.69 Å². The van der Waals surface area contributed by atoms with E-state index in [-0.39, 0.29) is 5.91 Å². The Bertz CT molecular complexity index is 533. The van der Waals surface area contributed by atoms with Gasteiger partial charge in [0.1, 0.15) is 0 Å². The Labute approximate surface area is 104 Å². The van der Waals surface area contributed by atoms with E-state index in [1.807, 2.05) is 13.8 Å². The number of hydrogen-bond donors (Lipinski definition) is 2. The van der Waals surface area contributed by atoms with Crippen LogP contribution in [0.4, 0.5) is 5.82 Å². The number of H-pyrrole nitrogens is 1. The van der Waals surface area contributed by atoms with Gasteiger partial charge in [-0.2, -0.15) is 5.10 Å². The van der Waals surface area contributed by atoms with Crippen molar-refractivity contribution in [3.63, 3.8) is 0 Å². The number of amides is 1. The molecule has 1 amide bonds. The summed E-state index contributed by atoms with van der Waals surface area (Å²) in [5.74, 6) is 0.744. The first kappa shape index (κ1) is 12.1. The number of rotatable bonds is 4. The Balaban J connectivity index is 2.04. The van der Waals surface area contributed by atoms with Crippen molar-refractivity contribution < 1.29 is 9.53 Å². The van der Waals surface area contributed by atoms with Crippen LogP contribution in [0, 0.1) is 6.92 Å². The van der Waals surface area contributed by atoms with Crippen LogP contribution in [-0.4, -0.2) is 27.7 Å². The summed E-state index contributed by atoms with van der Waals surface area (Å²) in [7, 11) is 0. The second-order valence-electron chi connectivity index (χ2n) is 3.71. The van der Waals surface area contributed by atoms with Crippen molar-refractivity contribution in [3.8, 4) is 5.88 Å². The Morgan fingerprint density at radius 2 is 2.33 bits per heavy atom. The van der Waals surface area contributed by atoms with E-state index in [4.69, 9.17) is 4.74 Å². The number of nitrogens with one attached hydrogen (secondary N) is 2. The molecule has 0 aliphatic rings. The first-order valence-corrected chi connectivity index (χ1v) is 5.61. The molecule has 6 nitrogen and oxygen atoms in total. The molecule has 0 unspecified atom stereocenters. The fourth-order valence-corrected chi connectivity index (χ4v) is 1.42. The first-order valence-electron chi connectivity index (χ1n) is 5.61. The molecule has 0 atom stereocenters. The molecule has 2 aromatic rings. The van der Waals surface area contributed by atoms with Crippen molar-refractivity contribution in [1.82, 2.24) is 15.2 Å². The van der Waals surface area contributed by atoms with E-state index >= 15 is 0 Å². The quantitative estimate of drug-likeness (QED) is 0.861. The Hall–Kier alpha value is -2.37. The number of aromatic nitrogens is 3. The number of nitrogens with zero attached hydrogens (tertiary/aromatic N) is 2. The fourth-order valence-electron chi connectivity index (χ4n) is 1.42. The molecule has 2 aromatic heterocycles. The van der Waals surface area contributed by atoms with Gasteiger partial charge in [-0.1, -0.05) is 0 Å². The lowest BCUT2D eigenvalue weighted by molar-refractivity contribution is 0.102. The summed E-state index contributed by atoms with van der Waals surface area (Å²) in [5.41, 5.74) is 1.34. The standard InChI is InChI=1S/C12H14N4O2/c1-3-18-11-5-4-9(7-13-11)12(17)14-10-6-8(2)15-16-10/h4-7H,3H2,1-2H3,(H2,14,15,16,17). The Morgan fingerprint density at radius 1 is 1.50 bits per heavy atom. The maximum absolute atomic E-state index is 11.8. The topological polar surface area (TPSA) is 79.9 Å². The number of ether oxygens (including phenoxy) is 1. The predicted octanol–water partition coefficient (Wildman–Crippen LogP) is 1.76. The molecule has 0 saturated carbocycles. The molecule has 0 bridgehead atoms. The second-order valence-corrected chi connectivity index (χ2v) is 3.71. The van der Waals surface area contributed by atoms with Gasteiger partial charge in [0.2, 0.25) is 5.88 Å². The van der Waals surface area contributed by atoms with Gasteiger partial charge in [-0.25, -0.2) is 4.98 Å². The molecule has 18 heavy (non-hydrogen) atoms. The van der Waals surface area contributed by atoms with E-state index < -0.39 is 0 Å². The minimum Gasteiger partial charge on any atom is -0.478 e. The van der Waals surface area contributed by atoms with Gasteiger partial charge >= 0.3 is 0 Å². The monoisotopic (exact) mass is 246 g/mol. The number of aryl methyl sites for hydroxylation is 1. The molecule has 94 valence electrons. The second kappa shape index (κ2) is 5.31. The maximum atomic E-state index is 11.8. The fraction of sp³-hybridized carbons (Fsp3) is 0.250. The van der Waals surface area contributed by atoms with Crippen LogP contribution < -0.4 is 10.1 Å². The molecule has 0 fully saturated rings. The summed E-state index contributed by atoms with van der Waals surface area (Å²) in [6, 6.07) is 5.07. The molecule has 0 saturated heterocycles. The third kappa shape index (κ3) is 2.85. The highest BCUT2D eigenvalue weighted by Crippen LogP contribution is 2.10. The number of carbonyl (C=O) groups excluding carboxylic acids is 1. The third-order valence-electron chi connectivity index (χ3n) is 2.24. The summed E-state index contributed by atoms with van der Waals surface area (Å²) < 4.78 is 5.20. The lowest BCUT2D eigenvalue weighted by atomic mass is 10.2. The molecular formula is C12H14N4O2. The Morgan fingerprint density at radius 3 is 2.89 bits per heavy atom. The summed E-state index contributed by atoms with van der Waals surface area (Å²) >= 11 is 0. The number of aromatic amines is 1. The van der Waals surface area contributed by atoms with E-state index in [9.17, 15) is 4.79 Å². The van der Waals surface area contributed by atoms with Gasteiger partial charge in [0.25, 0.3) is 5.91 Å². The molecule has 2 N–H and O–H groups in total. The lowest BCUT2D eigenvalue weighted by Crippen LogP contribution is -2.12. The van der Waals surface area contributed by atoms with Gasteiger partial charge in [0.15, 0.2) is 5.82 Å². The Kier molecular flexibility index (Phi) is 3.57. The van der Waals surface area contributed by atoms with Crippen LogP contribution in [-0.2, 0) is 0 Å². The van der Waals surface area contributed by atoms with Crippen molar-refractivity contribution in [2.24, 2.45) is 0 Å². The van der Waals surface area contributed by atoms with Crippen molar-refractivity contribution >= 4 is 11.7 Å². The molecule has 0 aliphatic heterocycles. The zero-order valence-corrected chi connectivity index (χ0v) is 10.2. The van der Waals surface area contributed by atoms with Crippen molar-refractivity contribution in [1.29, 1.82) is 0 Å². The number of hydrogen-bond acceptors (Lipinski definition) is 4. The van der Waals surface area contributed by atoms with Crippen LogP contribution in [0.25, 0.3) is 0 Å². The van der Waals surface area contributed by atoms with Gasteiger partial charge < -0.3 is 10.1 Å². The predicted molar refractivity (Wildman–Crippen MR) is 66.7 cm³/mol. The molecule has 0 spiro atoms. The van der Waals surface area contributed by atoms with E-state index in [1.54, 1.807) is 18.2 Å². The highest BCUT2D eigenvalue weighted by Gasteiger charge is 2.08. The summed E-state index contributed by atoms with van der Waals surface area (Å²) in [5, 5.41) is 9.35. The molecule has 6 heteroatoms. The van der Waals surface area contributed by atoms with E-state index in [2.05, 4.69) is 20.5 Å². The average molecular weight is 246 g/mol. The highest BCUT2D eigenvalue weighted by molar-refractivity contribution is 6.03. The molecule has 0 aromatic carbocycles. The first-order chi connectivity index (χ1) is 8.69. The van der Waals surface area contributed by atoms with Crippen molar-refractivity contribution in [2.75, 3.05) is 11.9 Å². The van der Waals surface area contributed by atoms with E-state index in [1.165, 1.54) is 6.20 Å². The smallest absolute Gasteiger partial charge is 0.258 e. The van der Waals surface area contributed by atoms with Gasteiger partial charge in [-0.3, -0.25) is 9.89 Å². The van der Waals surface area contributed by atoms with Gasteiger partial charge in [-0.15, -0.1) is 0 Å². The molecule has 2 rings (SSSR count). The summed E-state index contributed by atoms with van der Waals surface area (Å²) in [6.45, 7) is 4.29. The minimum absolute atomic E-state index is 0.253. The number of pyridine rings is 1. The van der Waals surface area contributed by atoms with Gasteiger partial charge in [0.05, 0.1) is 12.2 Å². The van der Waals surface area contributed by atoms with Crippen molar-refractivity contribution in [2.45, 2.75) is 13.8 Å². The van der Waals surface area contributed by atoms with E-state index in [0.29, 0.717) is 23.9 Å². The lowest BCUT2D eigenvalue weighted by Gasteiger charge is -2.03. The zero-order valence-electron chi connectivity index (χ0n) is 10.2. The van der Waals surface area contributed by atoms with Crippen LogP contribution in [0.2, 0.25) is 0 Å². The molecule has 0 aliphatic carbocycles. The van der Waals surface area contributed by atoms with Crippen LogP contribution >= 0.6 is 0 Å². The van der Waals surface area contributed by atoms with Gasteiger partial charge in [-0.05, 0) is 19.9 Å². The molecule has 2 heterocycles. The van der Waals surface area contributed by atoms with Crippen LogP contribution in [0.15, 0.2) is 24.4 Å². The van der Waals surface area contributed by atoms with Crippen molar-refractivity contribution in [3.05, 3.63) is 35.7 Å². The zero-order chi connectivity index (χ0) is 13.0. The summed E-state index contributed by atoms with van der Waals surface area (Å²) in [6.07, 6.45) is 1.47. The largest absolute Gasteiger partial charge is 0.478 e. The maximum Gasteiger partial charge on any atom is 0.258 e. The number of carbonyl (C=O) groups is 1. The van der Waals surface area contributed by atoms with Crippen LogP contribution in [0.1, 0.15) is 23.0 Å². The van der Waals surface area contributed by atoms with Crippen LogP contribution in [0.3, 0.4) is 0 Å². The third-order valence-corrected chi connectivity index (χ3v) is 2.24. The highest BCUT2D eigenvalue weighted by atomic mass is 16.5. The normalized spacial score (nSPS) is 10.1. The molecular weight excluding hydrogens is 232 g/mol. The minimum atomic E-state index is -0.253.